The molecule has 0 unspecified atom stereocenters. The zero-order valence-corrected chi connectivity index (χ0v) is 11.8. The molecule has 8 heteroatoms. The molecule has 2 N–H and O–H groups in total. The maximum atomic E-state index is 11.2. The fraction of sp³-hybridized carbons (Fsp3) is 0.0667. The number of hydrogen-bond donors (Lipinski definition) is 2. The minimum absolute atomic E-state index is 0.0728. The highest BCUT2D eigenvalue weighted by Gasteiger charge is 2.21. The van der Waals surface area contributed by atoms with Crippen molar-refractivity contribution in [1.82, 2.24) is 0 Å². The number of benzene rings is 2. The van der Waals surface area contributed by atoms with Crippen molar-refractivity contribution in [3.05, 3.63) is 57.6 Å². The van der Waals surface area contributed by atoms with Crippen LogP contribution in [0.5, 0.6) is 5.75 Å². The molecule has 0 spiro atoms. The number of hydrogen-bond acceptors (Lipinski definition) is 5. The van der Waals surface area contributed by atoms with Gasteiger partial charge in [-0.25, -0.2) is 9.59 Å². The summed E-state index contributed by atoms with van der Waals surface area (Å²) >= 11 is 0. The van der Waals surface area contributed by atoms with E-state index in [4.69, 9.17) is 14.9 Å². The summed E-state index contributed by atoms with van der Waals surface area (Å²) in [6.07, 6.45) is 0. The zero-order chi connectivity index (χ0) is 17.1. The molecule has 8 nitrogen and oxygen atoms in total. The number of rotatable bonds is 5. The van der Waals surface area contributed by atoms with Gasteiger partial charge in [-0.15, -0.1) is 0 Å². The molecule has 0 radical (unpaired) electrons. The SMILES string of the molecule is COc1c(-c2cc(C(=O)O)cc(C(=O)O)c2)cccc1[N+](=O)[O-]. The molecule has 0 amide bonds. The third-order valence-corrected chi connectivity index (χ3v) is 3.13. The number of methoxy groups -OCH3 is 1. The lowest BCUT2D eigenvalue weighted by atomic mass is 9.98. The Labute approximate surface area is 129 Å². The lowest BCUT2D eigenvalue weighted by Gasteiger charge is -2.10. The lowest BCUT2D eigenvalue weighted by molar-refractivity contribution is -0.385. The quantitative estimate of drug-likeness (QED) is 0.641. The Kier molecular flexibility index (Phi) is 4.26. The second-order valence-corrected chi connectivity index (χ2v) is 4.52. The number of carboxylic acid groups (broad SMARTS) is 2. The molecule has 0 aliphatic heterocycles. The molecule has 0 fully saturated rings. The first kappa shape index (κ1) is 16.0. The van der Waals surface area contributed by atoms with Gasteiger partial charge in [-0.05, 0) is 23.8 Å². The minimum atomic E-state index is -1.31. The topological polar surface area (TPSA) is 127 Å². The smallest absolute Gasteiger partial charge is 0.335 e. The van der Waals surface area contributed by atoms with Gasteiger partial charge in [0.05, 0.1) is 23.2 Å². The zero-order valence-electron chi connectivity index (χ0n) is 11.8. The van der Waals surface area contributed by atoms with Crippen molar-refractivity contribution in [2.75, 3.05) is 7.11 Å². The molecule has 2 rings (SSSR count). The Morgan fingerprint density at radius 1 is 1.09 bits per heavy atom. The van der Waals surface area contributed by atoms with Crippen molar-refractivity contribution >= 4 is 17.6 Å². The molecule has 0 heterocycles. The number of aromatic carboxylic acids is 2. The van der Waals surface area contributed by atoms with Gasteiger partial charge < -0.3 is 14.9 Å². The van der Waals surface area contributed by atoms with E-state index >= 15 is 0 Å². The Morgan fingerprint density at radius 3 is 2.09 bits per heavy atom. The number of ether oxygens (including phenoxy) is 1. The van der Waals surface area contributed by atoms with Crippen LogP contribution in [0.3, 0.4) is 0 Å². The van der Waals surface area contributed by atoms with E-state index in [0.29, 0.717) is 0 Å². The van der Waals surface area contributed by atoms with Crippen LogP contribution in [0.4, 0.5) is 5.69 Å². The second-order valence-electron chi connectivity index (χ2n) is 4.52. The predicted octanol–water partition coefficient (Wildman–Crippen LogP) is 2.67. The minimum Gasteiger partial charge on any atom is -0.490 e. The van der Waals surface area contributed by atoms with E-state index in [9.17, 15) is 19.7 Å². The van der Waals surface area contributed by atoms with E-state index < -0.39 is 16.9 Å². The van der Waals surface area contributed by atoms with Crippen molar-refractivity contribution in [1.29, 1.82) is 0 Å². The molecule has 2 aromatic carbocycles. The number of carboxylic acids is 2. The van der Waals surface area contributed by atoms with Crippen molar-refractivity contribution < 1.29 is 29.5 Å². The normalized spacial score (nSPS) is 10.1. The molecule has 0 aromatic heterocycles. The Balaban J connectivity index is 2.76. The van der Waals surface area contributed by atoms with Crippen molar-refractivity contribution in [2.24, 2.45) is 0 Å². The molecular formula is C15H11NO7. The van der Waals surface area contributed by atoms with E-state index in [0.717, 1.165) is 6.07 Å². The van der Waals surface area contributed by atoms with Crippen molar-refractivity contribution in [3.8, 4) is 16.9 Å². The summed E-state index contributed by atoms with van der Waals surface area (Å²) in [7, 11) is 1.24. The Bertz CT molecular complexity index is 781. The fourth-order valence-electron chi connectivity index (χ4n) is 2.14. The summed E-state index contributed by atoms with van der Waals surface area (Å²) in [6.45, 7) is 0. The molecule has 0 saturated heterocycles. The third kappa shape index (κ3) is 3.10. The van der Waals surface area contributed by atoms with E-state index in [2.05, 4.69) is 0 Å². The van der Waals surface area contributed by atoms with Crippen molar-refractivity contribution in [3.63, 3.8) is 0 Å². The van der Waals surface area contributed by atoms with Crippen molar-refractivity contribution in [2.45, 2.75) is 0 Å². The number of nitrogens with zero attached hydrogens (tertiary/aromatic N) is 1. The average molecular weight is 317 g/mol. The standard InChI is InChI=1S/C15H11NO7/c1-23-13-11(3-2-4-12(13)16(21)22)8-5-9(14(17)18)7-10(6-8)15(19)20/h2-7H,1H3,(H,17,18)(H,19,20). The first-order valence-corrected chi connectivity index (χ1v) is 6.28. The molecule has 0 bridgehead atoms. The maximum Gasteiger partial charge on any atom is 0.335 e. The number of para-hydroxylation sites is 1. The van der Waals surface area contributed by atoms with Gasteiger partial charge in [-0.2, -0.15) is 0 Å². The van der Waals surface area contributed by atoms with E-state index in [-0.39, 0.29) is 33.7 Å². The Morgan fingerprint density at radius 2 is 1.65 bits per heavy atom. The summed E-state index contributed by atoms with van der Waals surface area (Å²) in [6, 6.07) is 7.61. The molecule has 118 valence electrons. The molecule has 2 aromatic rings. The largest absolute Gasteiger partial charge is 0.490 e. The summed E-state index contributed by atoms with van der Waals surface area (Å²) < 4.78 is 5.06. The number of carbonyl (C=O) groups is 2. The van der Waals surface area contributed by atoms with Gasteiger partial charge in [0.1, 0.15) is 0 Å². The summed E-state index contributed by atoms with van der Waals surface area (Å²) in [5.74, 6) is -2.69. The summed E-state index contributed by atoms with van der Waals surface area (Å²) in [5.41, 5.74) is -0.361. The van der Waals surface area contributed by atoms with Crippen LogP contribution >= 0.6 is 0 Å². The highest BCUT2D eigenvalue weighted by Crippen LogP contribution is 2.38. The van der Waals surface area contributed by atoms with Crippen LogP contribution in [0, 0.1) is 10.1 Å². The number of nitro benzene ring substituents is 1. The molecular weight excluding hydrogens is 306 g/mol. The van der Waals surface area contributed by atoms with Gasteiger partial charge in [0.2, 0.25) is 5.75 Å². The van der Waals surface area contributed by atoms with E-state index in [1.54, 1.807) is 0 Å². The molecule has 23 heavy (non-hydrogen) atoms. The van der Waals surface area contributed by atoms with Crippen LogP contribution in [0.2, 0.25) is 0 Å². The highest BCUT2D eigenvalue weighted by molar-refractivity contribution is 5.96. The van der Waals surface area contributed by atoms with Gasteiger partial charge in [0, 0.05) is 11.6 Å². The van der Waals surface area contributed by atoms with Crippen LogP contribution < -0.4 is 4.74 Å². The summed E-state index contributed by atoms with van der Waals surface area (Å²) in [5, 5.41) is 29.3. The van der Waals surface area contributed by atoms with Gasteiger partial charge in [-0.1, -0.05) is 12.1 Å². The van der Waals surface area contributed by atoms with Crippen LogP contribution in [-0.4, -0.2) is 34.2 Å². The monoisotopic (exact) mass is 317 g/mol. The maximum absolute atomic E-state index is 11.2. The third-order valence-electron chi connectivity index (χ3n) is 3.13. The molecule has 0 saturated carbocycles. The molecule has 0 aliphatic carbocycles. The van der Waals surface area contributed by atoms with E-state index in [1.165, 1.54) is 37.4 Å². The summed E-state index contributed by atoms with van der Waals surface area (Å²) in [4.78, 5) is 32.7. The first-order valence-electron chi connectivity index (χ1n) is 6.28. The molecule has 0 atom stereocenters. The highest BCUT2D eigenvalue weighted by atomic mass is 16.6. The van der Waals surface area contributed by atoms with Gasteiger partial charge in [0.25, 0.3) is 0 Å². The first-order chi connectivity index (χ1) is 10.8. The van der Waals surface area contributed by atoms with Crippen LogP contribution in [0.25, 0.3) is 11.1 Å². The van der Waals surface area contributed by atoms with E-state index in [1.807, 2.05) is 0 Å². The predicted molar refractivity (Wildman–Crippen MR) is 79.0 cm³/mol. The fourth-order valence-corrected chi connectivity index (χ4v) is 2.14. The van der Waals surface area contributed by atoms with Gasteiger partial charge >= 0.3 is 17.6 Å². The van der Waals surface area contributed by atoms with Crippen LogP contribution in [-0.2, 0) is 0 Å². The van der Waals surface area contributed by atoms with Crippen LogP contribution in [0.15, 0.2) is 36.4 Å². The Hall–Kier alpha value is -3.42. The van der Waals surface area contributed by atoms with Gasteiger partial charge in [0.15, 0.2) is 0 Å². The second kappa shape index (κ2) is 6.14. The number of nitro groups is 1. The average Bonchev–Trinajstić information content (AvgIpc) is 2.53. The lowest BCUT2D eigenvalue weighted by Crippen LogP contribution is -2.03. The van der Waals surface area contributed by atoms with Crippen LogP contribution in [0.1, 0.15) is 20.7 Å². The molecule has 0 aliphatic rings. The van der Waals surface area contributed by atoms with Gasteiger partial charge in [-0.3, -0.25) is 10.1 Å².